The standard InChI is InChI=1S/C30H48O4/c1-22(2)11-8-12-23(3)13-9-14-24(4)15-10-16-25(5)17-18-28-19-20-29(33-26(6)31)21-30(28)34-27(7)32/h17,19-24H,8-16,18H2,1-7H3. The van der Waals surface area contributed by atoms with Gasteiger partial charge in [-0.25, -0.2) is 0 Å². The summed E-state index contributed by atoms with van der Waals surface area (Å²) in [6.45, 7) is 14.3. The molecule has 0 aliphatic rings. The van der Waals surface area contributed by atoms with Gasteiger partial charge in [0, 0.05) is 19.9 Å². The zero-order valence-corrected chi connectivity index (χ0v) is 22.7. The molecule has 2 unspecified atom stereocenters. The fourth-order valence-corrected chi connectivity index (χ4v) is 4.28. The van der Waals surface area contributed by atoms with Crippen molar-refractivity contribution < 1.29 is 19.1 Å². The minimum absolute atomic E-state index is 0.382. The molecule has 0 bridgehead atoms. The second-order valence-electron chi connectivity index (χ2n) is 10.6. The summed E-state index contributed by atoms with van der Waals surface area (Å²) in [5, 5.41) is 0. The molecule has 0 amide bonds. The Hall–Kier alpha value is -2.10. The summed E-state index contributed by atoms with van der Waals surface area (Å²) in [4.78, 5) is 22.7. The van der Waals surface area contributed by atoms with Crippen molar-refractivity contribution in [3.8, 4) is 11.5 Å². The molecule has 1 rings (SSSR count). The Bertz CT molecular complexity index is 778. The lowest BCUT2D eigenvalue weighted by Gasteiger charge is -2.15. The first-order valence-corrected chi connectivity index (χ1v) is 13.2. The Morgan fingerprint density at radius 2 is 1.35 bits per heavy atom. The third kappa shape index (κ3) is 14.2. The molecule has 0 aromatic heterocycles. The smallest absolute Gasteiger partial charge is 0.308 e. The normalized spacial score (nSPS) is 13.6. The number of carbonyl (C=O) groups excluding carboxylic acids is 2. The first kappa shape index (κ1) is 29.9. The number of benzene rings is 1. The van der Waals surface area contributed by atoms with Crippen LogP contribution >= 0.6 is 0 Å². The third-order valence-corrected chi connectivity index (χ3v) is 6.36. The summed E-state index contributed by atoms with van der Waals surface area (Å²) in [6.07, 6.45) is 14.6. The van der Waals surface area contributed by atoms with Crippen LogP contribution < -0.4 is 9.47 Å². The summed E-state index contributed by atoms with van der Waals surface area (Å²) in [5.74, 6) is 2.50. The first-order chi connectivity index (χ1) is 16.1. The fraction of sp³-hybridized carbons (Fsp3) is 0.667. The van der Waals surface area contributed by atoms with Gasteiger partial charge in [-0.2, -0.15) is 0 Å². The molecule has 34 heavy (non-hydrogen) atoms. The molecule has 0 aliphatic carbocycles. The van der Waals surface area contributed by atoms with Gasteiger partial charge in [0.05, 0.1) is 0 Å². The lowest BCUT2D eigenvalue weighted by molar-refractivity contribution is -0.132. The summed E-state index contributed by atoms with van der Waals surface area (Å²) >= 11 is 0. The molecule has 0 heterocycles. The van der Waals surface area contributed by atoms with Gasteiger partial charge in [-0.1, -0.05) is 90.4 Å². The molecule has 0 saturated heterocycles. The van der Waals surface area contributed by atoms with Crippen molar-refractivity contribution in [1.29, 1.82) is 0 Å². The lowest BCUT2D eigenvalue weighted by atomic mass is 9.91. The van der Waals surface area contributed by atoms with Gasteiger partial charge in [-0.05, 0) is 55.6 Å². The van der Waals surface area contributed by atoms with Gasteiger partial charge in [0.1, 0.15) is 11.5 Å². The van der Waals surface area contributed by atoms with Gasteiger partial charge in [0.15, 0.2) is 0 Å². The highest BCUT2D eigenvalue weighted by Gasteiger charge is 2.10. The summed E-state index contributed by atoms with van der Waals surface area (Å²) < 4.78 is 10.5. The van der Waals surface area contributed by atoms with Crippen LogP contribution in [0.4, 0.5) is 0 Å². The van der Waals surface area contributed by atoms with Crippen LogP contribution in [0.1, 0.15) is 112 Å². The average Bonchev–Trinajstić information content (AvgIpc) is 2.72. The molecule has 0 fully saturated rings. The molecule has 0 saturated carbocycles. The van der Waals surface area contributed by atoms with Crippen molar-refractivity contribution in [1.82, 2.24) is 0 Å². The van der Waals surface area contributed by atoms with E-state index in [0.717, 1.165) is 29.7 Å². The van der Waals surface area contributed by atoms with E-state index in [2.05, 4.69) is 40.7 Å². The van der Waals surface area contributed by atoms with Crippen LogP contribution in [-0.4, -0.2) is 11.9 Å². The number of allylic oxidation sites excluding steroid dienone is 2. The third-order valence-electron chi connectivity index (χ3n) is 6.36. The highest BCUT2D eigenvalue weighted by Crippen LogP contribution is 2.27. The zero-order valence-electron chi connectivity index (χ0n) is 22.7. The van der Waals surface area contributed by atoms with Crippen LogP contribution in [0.15, 0.2) is 29.8 Å². The number of hydrogen-bond donors (Lipinski definition) is 0. The molecule has 2 atom stereocenters. The number of rotatable bonds is 16. The molecule has 4 nitrogen and oxygen atoms in total. The molecule has 192 valence electrons. The minimum Gasteiger partial charge on any atom is -0.427 e. The van der Waals surface area contributed by atoms with E-state index in [1.54, 1.807) is 12.1 Å². The molecule has 1 aromatic rings. The Balaban J connectivity index is 2.40. The maximum absolute atomic E-state index is 11.5. The average molecular weight is 473 g/mol. The molecule has 0 spiro atoms. The second kappa shape index (κ2) is 16.5. The van der Waals surface area contributed by atoms with Gasteiger partial charge in [-0.3, -0.25) is 9.59 Å². The lowest BCUT2D eigenvalue weighted by Crippen LogP contribution is -2.06. The predicted molar refractivity (Wildman–Crippen MR) is 141 cm³/mol. The quantitative estimate of drug-likeness (QED) is 0.137. The van der Waals surface area contributed by atoms with E-state index in [0.29, 0.717) is 17.9 Å². The number of ether oxygens (including phenoxy) is 2. The summed E-state index contributed by atoms with van der Waals surface area (Å²) in [6, 6.07) is 5.19. The molecule has 0 aliphatic heterocycles. The molecular formula is C30H48O4. The maximum Gasteiger partial charge on any atom is 0.308 e. The zero-order chi connectivity index (χ0) is 25.5. The van der Waals surface area contributed by atoms with Crippen LogP contribution in [0.5, 0.6) is 11.5 Å². The molecular weight excluding hydrogens is 424 g/mol. The Labute approximate surface area is 208 Å². The van der Waals surface area contributed by atoms with Crippen molar-refractivity contribution in [2.75, 3.05) is 0 Å². The number of hydrogen-bond acceptors (Lipinski definition) is 4. The summed E-state index contributed by atoms with van der Waals surface area (Å²) in [7, 11) is 0. The maximum atomic E-state index is 11.5. The van der Waals surface area contributed by atoms with E-state index in [-0.39, 0.29) is 5.97 Å². The molecule has 0 N–H and O–H groups in total. The van der Waals surface area contributed by atoms with Crippen molar-refractivity contribution >= 4 is 11.9 Å². The van der Waals surface area contributed by atoms with Crippen LogP contribution in [0.2, 0.25) is 0 Å². The molecule has 0 radical (unpaired) electrons. The second-order valence-corrected chi connectivity index (χ2v) is 10.6. The van der Waals surface area contributed by atoms with Crippen LogP contribution in [-0.2, 0) is 16.0 Å². The van der Waals surface area contributed by atoms with E-state index in [4.69, 9.17) is 9.47 Å². The van der Waals surface area contributed by atoms with E-state index in [9.17, 15) is 9.59 Å². The SMILES string of the molecule is CC(=O)Oc1ccc(CC=C(C)CCCC(C)CCCC(C)CCCC(C)C)c(OC(C)=O)c1. The Morgan fingerprint density at radius 1 is 0.794 bits per heavy atom. The van der Waals surface area contributed by atoms with Crippen LogP contribution in [0.3, 0.4) is 0 Å². The topological polar surface area (TPSA) is 52.6 Å². The number of esters is 2. The highest BCUT2D eigenvalue weighted by atomic mass is 16.5. The van der Waals surface area contributed by atoms with E-state index in [1.807, 2.05) is 6.07 Å². The molecule has 1 aromatic carbocycles. The van der Waals surface area contributed by atoms with Gasteiger partial charge < -0.3 is 9.47 Å². The van der Waals surface area contributed by atoms with Crippen molar-refractivity contribution in [3.05, 3.63) is 35.4 Å². The van der Waals surface area contributed by atoms with E-state index in [1.165, 1.54) is 70.8 Å². The Kier molecular flexibility index (Phi) is 14.5. The predicted octanol–water partition coefficient (Wildman–Crippen LogP) is 8.47. The van der Waals surface area contributed by atoms with Crippen molar-refractivity contribution in [2.45, 2.75) is 113 Å². The minimum atomic E-state index is -0.400. The van der Waals surface area contributed by atoms with Crippen LogP contribution in [0.25, 0.3) is 0 Å². The molecule has 4 heteroatoms. The Morgan fingerprint density at radius 3 is 1.91 bits per heavy atom. The van der Waals surface area contributed by atoms with E-state index < -0.39 is 5.97 Å². The van der Waals surface area contributed by atoms with Crippen molar-refractivity contribution in [3.63, 3.8) is 0 Å². The van der Waals surface area contributed by atoms with Gasteiger partial charge >= 0.3 is 11.9 Å². The highest BCUT2D eigenvalue weighted by molar-refractivity contribution is 5.71. The van der Waals surface area contributed by atoms with E-state index >= 15 is 0 Å². The van der Waals surface area contributed by atoms with Crippen molar-refractivity contribution in [2.24, 2.45) is 17.8 Å². The monoisotopic (exact) mass is 472 g/mol. The van der Waals surface area contributed by atoms with Crippen LogP contribution in [0, 0.1) is 17.8 Å². The largest absolute Gasteiger partial charge is 0.427 e. The first-order valence-electron chi connectivity index (χ1n) is 13.2. The van der Waals surface area contributed by atoms with Gasteiger partial charge in [-0.15, -0.1) is 0 Å². The van der Waals surface area contributed by atoms with Gasteiger partial charge in [0.25, 0.3) is 0 Å². The number of carbonyl (C=O) groups is 2. The van der Waals surface area contributed by atoms with Gasteiger partial charge in [0.2, 0.25) is 0 Å². The summed E-state index contributed by atoms with van der Waals surface area (Å²) in [5.41, 5.74) is 2.25. The fourth-order valence-electron chi connectivity index (χ4n) is 4.28.